The van der Waals surface area contributed by atoms with Crippen LogP contribution in [0.3, 0.4) is 0 Å². The fourth-order valence-corrected chi connectivity index (χ4v) is 3.85. The first kappa shape index (κ1) is 17.6. The van der Waals surface area contributed by atoms with E-state index in [0.717, 1.165) is 44.0 Å². The third-order valence-electron chi connectivity index (χ3n) is 5.20. The molecule has 26 heavy (non-hydrogen) atoms. The standard InChI is InChI=1S/C18H24FN5O2/c19-14-3-1-2-12(6-14)18-13(8-20-21-18)9-23-4-5-24-15(10-23)7-16(22-24)17(26)11-25/h1-3,6-7,13,17-18,20-21,25-26H,4-5,8-11H2. The van der Waals surface area contributed by atoms with Crippen LogP contribution in [0.25, 0.3) is 0 Å². The highest BCUT2D eigenvalue weighted by atomic mass is 19.1. The molecule has 0 amide bonds. The summed E-state index contributed by atoms with van der Waals surface area (Å²) in [5, 5.41) is 23.2. The van der Waals surface area contributed by atoms with Crippen LogP contribution in [0.4, 0.5) is 4.39 Å². The van der Waals surface area contributed by atoms with Gasteiger partial charge in [0, 0.05) is 32.1 Å². The molecule has 2 aliphatic heterocycles. The van der Waals surface area contributed by atoms with Crippen LogP contribution in [0.15, 0.2) is 30.3 Å². The zero-order chi connectivity index (χ0) is 18.1. The predicted molar refractivity (Wildman–Crippen MR) is 93.3 cm³/mol. The van der Waals surface area contributed by atoms with Crippen LogP contribution in [0.1, 0.15) is 29.1 Å². The number of nitrogens with zero attached hydrogens (tertiary/aromatic N) is 3. The van der Waals surface area contributed by atoms with E-state index in [1.807, 2.05) is 16.8 Å². The van der Waals surface area contributed by atoms with E-state index in [1.54, 1.807) is 12.1 Å². The number of hydrogen-bond donors (Lipinski definition) is 4. The summed E-state index contributed by atoms with van der Waals surface area (Å²) in [4.78, 5) is 2.36. The van der Waals surface area contributed by atoms with Crippen molar-refractivity contribution in [3.05, 3.63) is 53.1 Å². The van der Waals surface area contributed by atoms with Gasteiger partial charge in [-0.3, -0.25) is 15.0 Å². The first-order chi connectivity index (χ1) is 12.6. The van der Waals surface area contributed by atoms with Crippen molar-refractivity contribution in [3.8, 4) is 0 Å². The minimum absolute atomic E-state index is 0.0734. The summed E-state index contributed by atoms with van der Waals surface area (Å²) in [6.45, 7) is 3.75. The van der Waals surface area contributed by atoms with Gasteiger partial charge in [-0.05, 0) is 23.8 Å². The van der Waals surface area contributed by atoms with Gasteiger partial charge in [0.15, 0.2) is 0 Å². The molecule has 0 radical (unpaired) electrons. The van der Waals surface area contributed by atoms with Gasteiger partial charge < -0.3 is 10.2 Å². The lowest BCUT2D eigenvalue weighted by atomic mass is 9.94. The zero-order valence-corrected chi connectivity index (χ0v) is 14.5. The Bertz CT molecular complexity index is 768. The molecule has 7 nitrogen and oxygen atoms in total. The van der Waals surface area contributed by atoms with Gasteiger partial charge in [0.2, 0.25) is 0 Å². The lowest BCUT2D eigenvalue weighted by molar-refractivity contribution is 0.0915. The summed E-state index contributed by atoms with van der Waals surface area (Å²) >= 11 is 0. The van der Waals surface area contributed by atoms with E-state index in [1.165, 1.54) is 6.07 Å². The summed E-state index contributed by atoms with van der Waals surface area (Å²) in [6, 6.07) is 8.69. The van der Waals surface area contributed by atoms with Crippen LogP contribution >= 0.6 is 0 Å². The maximum atomic E-state index is 13.6. The van der Waals surface area contributed by atoms with E-state index < -0.39 is 6.10 Å². The SMILES string of the molecule is OCC(O)c1cc2n(n1)CCN(CC1CNNC1c1cccc(F)c1)C2. The van der Waals surface area contributed by atoms with Crippen LogP contribution in [-0.4, -0.2) is 51.1 Å². The molecule has 2 aromatic rings. The molecule has 1 fully saturated rings. The van der Waals surface area contributed by atoms with Crippen molar-refractivity contribution < 1.29 is 14.6 Å². The van der Waals surface area contributed by atoms with Crippen LogP contribution in [0.2, 0.25) is 0 Å². The van der Waals surface area contributed by atoms with Crippen molar-refractivity contribution in [2.45, 2.75) is 25.2 Å². The number of halogens is 1. The third kappa shape index (κ3) is 3.51. The Hall–Kier alpha value is -1.84. The number of hydrogen-bond acceptors (Lipinski definition) is 6. The molecular weight excluding hydrogens is 337 g/mol. The van der Waals surface area contributed by atoms with Crippen molar-refractivity contribution >= 4 is 0 Å². The molecule has 0 aliphatic carbocycles. The molecule has 3 heterocycles. The highest BCUT2D eigenvalue weighted by Gasteiger charge is 2.31. The largest absolute Gasteiger partial charge is 0.393 e. The quantitative estimate of drug-likeness (QED) is 0.614. The van der Waals surface area contributed by atoms with Crippen molar-refractivity contribution in [2.24, 2.45) is 5.92 Å². The maximum Gasteiger partial charge on any atom is 0.123 e. The molecule has 3 unspecified atom stereocenters. The first-order valence-electron chi connectivity index (χ1n) is 8.96. The van der Waals surface area contributed by atoms with E-state index in [9.17, 15) is 9.50 Å². The normalized spacial score (nSPS) is 24.6. The van der Waals surface area contributed by atoms with E-state index in [4.69, 9.17) is 5.11 Å². The number of benzene rings is 1. The number of aromatic nitrogens is 2. The summed E-state index contributed by atoms with van der Waals surface area (Å²) in [5.41, 5.74) is 8.98. The molecule has 1 aromatic heterocycles. The van der Waals surface area contributed by atoms with Gasteiger partial charge in [0.1, 0.15) is 11.9 Å². The van der Waals surface area contributed by atoms with Crippen molar-refractivity contribution in [2.75, 3.05) is 26.2 Å². The summed E-state index contributed by atoms with van der Waals surface area (Å²) in [6.07, 6.45) is -0.929. The van der Waals surface area contributed by atoms with Crippen LogP contribution < -0.4 is 10.9 Å². The molecule has 1 aromatic carbocycles. The minimum Gasteiger partial charge on any atom is -0.393 e. The fourth-order valence-electron chi connectivity index (χ4n) is 3.85. The topological polar surface area (TPSA) is 85.6 Å². The molecule has 8 heteroatoms. The Kier molecular flexibility index (Phi) is 5.01. The Morgan fingerprint density at radius 2 is 2.19 bits per heavy atom. The van der Waals surface area contributed by atoms with Crippen molar-refractivity contribution in [1.82, 2.24) is 25.5 Å². The van der Waals surface area contributed by atoms with Gasteiger partial charge in [0.25, 0.3) is 0 Å². The van der Waals surface area contributed by atoms with Gasteiger partial charge in [0.05, 0.1) is 30.6 Å². The second kappa shape index (κ2) is 7.42. The van der Waals surface area contributed by atoms with E-state index in [2.05, 4.69) is 20.9 Å². The van der Waals surface area contributed by atoms with Crippen LogP contribution in [0.5, 0.6) is 0 Å². The molecule has 1 saturated heterocycles. The van der Waals surface area contributed by atoms with Gasteiger partial charge in [-0.1, -0.05) is 12.1 Å². The predicted octanol–water partition coefficient (Wildman–Crippen LogP) is 0.329. The lowest BCUT2D eigenvalue weighted by Crippen LogP contribution is -2.38. The van der Waals surface area contributed by atoms with E-state index in [-0.39, 0.29) is 18.5 Å². The maximum absolute atomic E-state index is 13.6. The minimum atomic E-state index is -0.929. The molecule has 3 atom stereocenters. The van der Waals surface area contributed by atoms with Gasteiger partial charge in [-0.2, -0.15) is 5.10 Å². The Balaban J connectivity index is 1.44. The summed E-state index contributed by atoms with van der Waals surface area (Å²) in [5.74, 6) is 0.112. The number of aliphatic hydroxyl groups excluding tert-OH is 2. The Labute approximate surface area is 151 Å². The Morgan fingerprint density at radius 3 is 3.00 bits per heavy atom. The Morgan fingerprint density at radius 1 is 1.31 bits per heavy atom. The highest BCUT2D eigenvalue weighted by Crippen LogP contribution is 2.27. The van der Waals surface area contributed by atoms with Gasteiger partial charge in [-0.15, -0.1) is 0 Å². The van der Waals surface area contributed by atoms with Crippen molar-refractivity contribution in [3.63, 3.8) is 0 Å². The molecule has 0 bridgehead atoms. The third-order valence-corrected chi connectivity index (χ3v) is 5.20. The van der Waals surface area contributed by atoms with Crippen LogP contribution in [0, 0.1) is 11.7 Å². The molecule has 0 saturated carbocycles. The lowest BCUT2D eigenvalue weighted by Gasteiger charge is -2.31. The number of hydrazine groups is 1. The molecule has 2 aliphatic rings. The van der Waals surface area contributed by atoms with E-state index in [0.29, 0.717) is 11.6 Å². The first-order valence-corrected chi connectivity index (χ1v) is 8.96. The molecule has 4 N–H and O–H groups in total. The summed E-state index contributed by atoms with van der Waals surface area (Å²) in [7, 11) is 0. The van der Waals surface area contributed by atoms with Crippen molar-refractivity contribution in [1.29, 1.82) is 0 Å². The molecule has 0 spiro atoms. The number of aliphatic hydroxyl groups is 2. The second-order valence-corrected chi connectivity index (χ2v) is 7.04. The summed E-state index contributed by atoms with van der Waals surface area (Å²) < 4.78 is 15.5. The smallest absolute Gasteiger partial charge is 0.123 e. The van der Waals surface area contributed by atoms with Gasteiger partial charge in [-0.25, -0.2) is 9.82 Å². The number of fused-ring (bicyclic) bond motifs is 1. The molecule has 140 valence electrons. The number of nitrogens with one attached hydrogen (secondary N) is 2. The average Bonchev–Trinajstić information content (AvgIpc) is 3.27. The van der Waals surface area contributed by atoms with E-state index >= 15 is 0 Å². The molecular formula is C18H24FN5O2. The number of rotatable bonds is 5. The van der Waals surface area contributed by atoms with Gasteiger partial charge >= 0.3 is 0 Å². The monoisotopic (exact) mass is 361 g/mol. The highest BCUT2D eigenvalue weighted by molar-refractivity contribution is 5.22. The second-order valence-electron chi connectivity index (χ2n) is 7.04. The van der Waals surface area contributed by atoms with Crippen LogP contribution in [-0.2, 0) is 13.1 Å². The zero-order valence-electron chi connectivity index (χ0n) is 14.5. The molecule has 4 rings (SSSR count). The fraction of sp³-hybridized carbons (Fsp3) is 0.500. The average molecular weight is 361 g/mol.